The van der Waals surface area contributed by atoms with Crippen LogP contribution in [0, 0.1) is 11.8 Å². The van der Waals surface area contributed by atoms with Crippen LogP contribution in [-0.4, -0.2) is 5.97 Å². The minimum atomic E-state index is -1.74. The molecule has 2 nitrogen and oxygen atoms in total. The molecule has 1 aromatic rings. The zero-order valence-corrected chi connectivity index (χ0v) is 11.4. The molecule has 1 aliphatic rings. The molecule has 108 valence electrons. The molecule has 2 rings (SSSR count). The predicted octanol–water partition coefficient (Wildman–Crippen LogP) is 4.66. The lowest BCUT2D eigenvalue weighted by Gasteiger charge is -2.24. The first-order valence-electron chi connectivity index (χ1n) is 6.89. The van der Waals surface area contributed by atoms with E-state index in [1.165, 1.54) is 24.3 Å². The quantitative estimate of drug-likeness (QED) is 0.594. The summed E-state index contributed by atoms with van der Waals surface area (Å²) in [7, 11) is 0. The second-order valence-electron chi connectivity index (χ2n) is 5.38. The first-order chi connectivity index (χ1) is 9.54. The van der Waals surface area contributed by atoms with Crippen LogP contribution >= 0.6 is 0 Å². The van der Waals surface area contributed by atoms with E-state index in [-0.39, 0.29) is 11.9 Å². The van der Waals surface area contributed by atoms with Gasteiger partial charge in [0, 0.05) is 6.08 Å². The molecule has 0 aromatic heterocycles. The molecule has 0 heterocycles. The third kappa shape index (κ3) is 4.15. The number of benzene rings is 1. The van der Waals surface area contributed by atoms with Crippen molar-refractivity contribution in [1.82, 2.24) is 0 Å². The summed E-state index contributed by atoms with van der Waals surface area (Å²) in [5.74, 6) is 0.844. The SMILES string of the molecule is CC1CCC(C(=O)Oc2ccc(C=C(F)F)cc2)CC1. The summed E-state index contributed by atoms with van der Waals surface area (Å²) in [4.78, 5) is 12.0. The van der Waals surface area contributed by atoms with Crippen LogP contribution in [-0.2, 0) is 4.79 Å². The number of halogens is 2. The fraction of sp³-hybridized carbons (Fsp3) is 0.438. The lowest BCUT2D eigenvalue weighted by Crippen LogP contribution is -2.24. The molecule has 0 N–H and O–H groups in total. The molecular formula is C16H18F2O2. The third-order valence-corrected chi connectivity index (χ3v) is 3.72. The number of carbonyl (C=O) groups is 1. The number of rotatable bonds is 3. The molecule has 1 aliphatic carbocycles. The summed E-state index contributed by atoms with van der Waals surface area (Å²) < 4.78 is 29.5. The Hall–Kier alpha value is -1.71. The number of hydrogen-bond acceptors (Lipinski definition) is 2. The highest BCUT2D eigenvalue weighted by Crippen LogP contribution is 2.29. The van der Waals surface area contributed by atoms with E-state index in [4.69, 9.17) is 4.74 Å². The second kappa shape index (κ2) is 6.64. The maximum Gasteiger partial charge on any atom is 0.314 e. The molecule has 0 amide bonds. The average Bonchev–Trinajstić information content (AvgIpc) is 2.41. The van der Waals surface area contributed by atoms with Crippen LogP contribution in [0.5, 0.6) is 5.75 Å². The van der Waals surface area contributed by atoms with E-state index in [1.54, 1.807) is 0 Å². The van der Waals surface area contributed by atoms with Gasteiger partial charge in [0.25, 0.3) is 6.08 Å². The Balaban J connectivity index is 1.93. The Labute approximate surface area is 117 Å². The lowest BCUT2D eigenvalue weighted by atomic mass is 9.83. The summed E-state index contributed by atoms with van der Waals surface area (Å²) in [6.45, 7) is 2.19. The van der Waals surface area contributed by atoms with E-state index in [0.29, 0.717) is 17.2 Å². The number of ether oxygens (including phenoxy) is 1. The van der Waals surface area contributed by atoms with Crippen LogP contribution in [0.2, 0.25) is 0 Å². The van der Waals surface area contributed by atoms with Crippen molar-refractivity contribution in [1.29, 1.82) is 0 Å². The van der Waals surface area contributed by atoms with Crippen LogP contribution in [0.15, 0.2) is 30.3 Å². The van der Waals surface area contributed by atoms with E-state index in [1.807, 2.05) is 0 Å². The van der Waals surface area contributed by atoms with Gasteiger partial charge in [-0.15, -0.1) is 0 Å². The van der Waals surface area contributed by atoms with Crippen LogP contribution in [0.4, 0.5) is 8.78 Å². The van der Waals surface area contributed by atoms with Crippen LogP contribution in [0.25, 0.3) is 6.08 Å². The van der Waals surface area contributed by atoms with Crippen LogP contribution in [0.3, 0.4) is 0 Å². The summed E-state index contributed by atoms with van der Waals surface area (Å²) in [6.07, 6.45) is 2.88. The third-order valence-electron chi connectivity index (χ3n) is 3.72. The van der Waals surface area contributed by atoms with Gasteiger partial charge in [0.15, 0.2) is 0 Å². The average molecular weight is 280 g/mol. The first kappa shape index (κ1) is 14.7. The van der Waals surface area contributed by atoms with Gasteiger partial charge in [-0.25, -0.2) is 0 Å². The number of hydrogen-bond donors (Lipinski definition) is 0. The fourth-order valence-electron chi connectivity index (χ4n) is 2.45. The standard InChI is InChI=1S/C16H18F2O2/c1-11-2-6-13(7-3-11)16(19)20-14-8-4-12(5-9-14)10-15(17)18/h4-5,8-11,13H,2-3,6-7H2,1H3. The van der Waals surface area contributed by atoms with E-state index < -0.39 is 6.08 Å². The van der Waals surface area contributed by atoms with Crippen molar-refractivity contribution in [3.63, 3.8) is 0 Å². The zero-order chi connectivity index (χ0) is 14.5. The molecule has 0 atom stereocenters. The summed E-state index contributed by atoms with van der Waals surface area (Å²) in [5, 5.41) is 0. The van der Waals surface area contributed by atoms with Crippen molar-refractivity contribution in [2.75, 3.05) is 0 Å². The Kier molecular flexibility index (Phi) is 4.88. The Morgan fingerprint density at radius 3 is 2.30 bits per heavy atom. The molecule has 4 heteroatoms. The van der Waals surface area contributed by atoms with Gasteiger partial charge in [0.05, 0.1) is 5.92 Å². The number of carbonyl (C=O) groups excluding carboxylic acids is 1. The second-order valence-corrected chi connectivity index (χ2v) is 5.38. The Morgan fingerprint density at radius 2 is 1.75 bits per heavy atom. The molecular weight excluding hydrogens is 262 g/mol. The van der Waals surface area contributed by atoms with Gasteiger partial charge in [0.2, 0.25) is 0 Å². The van der Waals surface area contributed by atoms with Crippen LogP contribution < -0.4 is 4.74 Å². The molecule has 1 aromatic carbocycles. The van der Waals surface area contributed by atoms with Gasteiger partial charge in [-0.1, -0.05) is 19.1 Å². The summed E-state index contributed by atoms with van der Waals surface area (Å²) in [6, 6.07) is 6.09. The molecule has 0 unspecified atom stereocenters. The van der Waals surface area contributed by atoms with Gasteiger partial charge >= 0.3 is 5.97 Å². The molecule has 0 radical (unpaired) electrons. The summed E-state index contributed by atoms with van der Waals surface area (Å²) in [5.41, 5.74) is 0.385. The predicted molar refractivity (Wildman–Crippen MR) is 73.4 cm³/mol. The highest BCUT2D eigenvalue weighted by atomic mass is 19.3. The van der Waals surface area contributed by atoms with Gasteiger partial charge in [0.1, 0.15) is 5.75 Å². The highest BCUT2D eigenvalue weighted by Gasteiger charge is 2.25. The monoisotopic (exact) mass is 280 g/mol. The molecule has 20 heavy (non-hydrogen) atoms. The molecule has 0 aliphatic heterocycles. The maximum absolute atomic E-state index is 12.1. The highest BCUT2D eigenvalue weighted by molar-refractivity contribution is 5.75. The number of esters is 1. The molecule has 0 saturated heterocycles. The molecule has 0 spiro atoms. The van der Waals surface area contributed by atoms with E-state index in [0.717, 1.165) is 31.8 Å². The molecule has 0 bridgehead atoms. The van der Waals surface area contributed by atoms with Gasteiger partial charge in [-0.05, 0) is 49.3 Å². The topological polar surface area (TPSA) is 26.3 Å². The fourth-order valence-corrected chi connectivity index (χ4v) is 2.45. The van der Waals surface area contributed by atoms with Crippen molar-refractivity contribution >= 4 is 12.0 Å². The first-order valence-corrected chi connectivity index (χ1v) is 6.89. The minimum absolute atomic E-state index is 0.0333. The van der Waals surface area contributed by atoms with Gasteiger partial charge in [-0.2, -0.15) is 8.78 Å². The van der Waals surface area contributed by atoms with Crippen molar-refractivity contribution < 1.29 is 18.3 Å². The van der Waals surface area contributed by atoms with E-state index >= 15 is 0 Å². The van der Waals surface area contributed by atoms with Gasteiger partial charge < -0.3 is 4.74 Å². The maximum atomic E-state index is 12.1. The van der Waals surface area contributed by atoms with E-state index in [2.05, 4.69) is 6.92 Å². The molecule has 1 fully saturated rings. The van der Waals surface area contributed by atoms with Gasteiger partial charge in [-0.3, -0.25) is 4.79 Å². The normalized spacial score (nSPS) is 22.1. The zero-order valence-electron chi connectivity index (χ0n) is 11.4. The largest absolute Gasteiger partial charge is 0.426 e. The van der Waals surface area contributed by atoms with E-state index in [9.17, 15) is 13.6 Å². The Bertz CT molecular complexity index is 482. The molecule has 1 saturated carbocycles. The van der Waals surface area contributed by atoms with Crippen molar-refractivity contribution in [3.8, 4) is 5.75 Å². The minimum Gasteiger partial charge on any atom is -0.426 e. The van der Waals surface area contributed by atoms with Crippen molar-refractivity contribution in [3.05, 3.63) is 35.9 Å². The smallest absolute Gasteiger partial charge is 0.314 e. The summed E-state index contributed by atoms with van der Waals surface area (Å²) >= 11 is 0. The van der Waals surface area contributed by atoms with Crippen molar-refractivity contribution in [2.45, 2.75) is 32.6 Å². The Morgan fingerprint density at radius 1 is 1.15 bits per heavy atom. The van der Waals surface area contributed by atoms with Crippen molar-refractivity contribution in [2.24, 2.45) is 11.8 Å². The van der Waals surface area contributed by atoms with Crippen LogP contribution in [0.1, 0.15) is 38.2 Å². The lowest BCUT2D eigenvalue weighted by molar-refractivity contribution is -0.140.